The van der Waals surface area contributed by atoms with Crippen molar-refractivity contribution in [2.45, 2.75) is 31.6 Å². The number of methoxy groups -OCH3 is 1. The Morgan fingerprint density at radius 1 is 1.08 bits per heavy atom. The summed E-state index contributed by atoms with van der Waals surface area (Å²) in [6, 6.07) is 10.8. The normalized spacial score (nSPS) is 11.7. The summed E-state index contributed by atoms with van der Waals surface area (Å²) in [7, 11) is -0.932. The van der Waals surface area contributed by atoms with Crippen LogP contribution < -0.4 is 9.04 Å². The van der Waals surface area contributed by atoms with Crippen molar-refractivity contribution < 1.29 is 17.7 Å². The fourth-order valence-corrected chi connectivity index (χ4v) is 4.18. The fraction of sp³-hybridized carbons (Fsp3) is 0.316. The molecule has 0 spiro atoms. The van der Waals surface area contributed by atoms with Crippen LogP contribution in [0.5, 0.6) is 5.75 Å². The van der Waals surface area contributed by atoms with Gasteiger partial charge in [0.15, 0.2) is 11.4 Å². The average Bonchev–Trinajstić information content (AvgIpc) is 3.09. The Hall–Kier alpha value is -2.54. The quantitative estimate of drug-likeness (QED) is 0.656. The number of hydrogen-bond donors (Lipinski definition) is 0. The molecule has 0 saturated heterocycles. The molecule has 3 aromatic rings. The van der Waals surface area contributed by atoms with Gasteiger partial charge in [0.25, 0.3) is 10.0 Å². The molecule has 0 aliphatic rings. The first-order valence-electron chi connectivity index (χ1n) is 8.46. The highest BCUT2D eigenvalue weighted by Gasteiger charge is 2.29. The van der Waals surface area contributed by atoms with Gasteiger partial charge < -0.3 is 9.26 Å². The molecule has 3 rings (SSSR count). The van der Waals surface area contributed by atoms with Gasteiger partial charge in [-0.05, 0) is 48.2 Å². The van der Waals surface area contributed by atoms with E-state index in [9.17, 15) is 8.42 Å². The van der Waals surface area contributed by atoms with E-state index in [0.717, 1.165) is 28.3 Å². The maximum atomic E-state index is 13.2. The van der Waals surface area contributed by atoms with Crippen LogP contribution in [0.1, 0.15) is 25.0 Å². The number of anilines is 1. The number of ether oxygens (including phenoxy) is 1. The summed E-state index contributed by atoms with van der Waals surface area (Å²) in [6.45, 7) is 4.01. The Labute approximate surface area is 153 Å². The summed E-state index contributed by atoms with van der Waals surface area (Å²) in [5.41, 5.74) is 2.58. The van der Waals surface area contributed by atoms with E-state index in [0.29, 0.717) is 16.7 Å². The molecular weight excluding hydrogens is 352 g/mol. The SMILES string of the molecule is CCc1ccc(OC)c(S(=O)(=O)N(C)c2noc3cc(CC)ccc23)c1. The zero-order valence-corrected chi connectivity index (χ0v) is 16.1. The third kappa shape index (κ3) is 3.03. The molecule has 0 amide bonds. The summed E-state index contributed by atoms with van der Waals surface area (Å²) >= 11 is 0. The molecule has 26 heavy (non-hydrogen) atoms. The van der Waals surface area contributed by atoms with Crippen molar-refractivity contribution in [1.29, 1.82) is 0 Å². The molecule has 7 heteroatoms. The van der Waals surface area contributed by atoms with Gasteiger partial charge in [0.05, 0.1) is 12.5 Å². The third-order valence-electron chi connectivity index (χ3n) is 4.50. The number of aryl methyl sites for hydroxylation is 2. The minimum atomic E-state index is -3.86. The molecule has 1 aromatic heterocycles. The first-order chi connectivity index (χ1) is 12.4. The fourth-order valence-electron chi connectivity index (χ4n) is 2.82. The highest BCUT2D eigenvalue weighted by atomic mass is 32.2. The van der Waals surface area contributed by atoms with E-state index in [-0.39, 0.29) is 10.7 Å². The average molecular weight is 374 g/mol. The van der Waals surface area contributed by atoms with Gasteiger partial charge >= 0.3 is 0 Å². The Bertz CT molecular complexity index is 1040. The number of sulfonamides is 1. The van der Waals surface area contributed by atoms with E-state index in [1.807, 2.05) is 38.1 Å². The molecular formula is C19H22N2O4S. The van der Waals surface area contributed by atoms with Crippen LogP contribution in [0.2, 0.25) is 0 Å². The van der Waals surface area contributed by atoms with Gasteiger partial charge in [-0.3, -0.25) is 0 Å². The van der Waals surface area contributed by atoms with E-state index in [1.54, 1.807) is 12.1 Å². The van der Waals surface area contributed by atoms with Crippen LogP contribution in [-0.2, 0) is 22.9 Å². The van der Waals surface area contributed by atoms with E-state index in [4.69, 9.17) is 9.26 Å². The number of nitrogens with zero attached hydrogens (tertiary/aromatic N) is 2. The van der Waals surface area contributed by atoms with Crippen molar-refractivity contribution in [2.75, 3.05) is 18.5 Å². The molecule has 1 heterocycles. The van der Waals surface area contributed by atoms with Gasteiger partial charge in [0.1, 0.15) is 10.6 Å². The number of rotatable bonds is 6. The standard InChI is InChI=1S/C19H22N2O4S/c1-5-13-7-9-15-17(11-13)25-20-19(15)21(3)26(22,23)18-12-14(6-2)8-10-16(18)24-4/h7-12H,5-6H2,1-4H3. The minimum absolute atomic E-state index is 0.114. The van der Waals surface area contributed by atoms with Crippen LogP contribution in [0.15, 0.2) is 45.8 Å². The molecule has 138 valence electrons. The van der Waals surface area contributed by atoms with Gasteiger partial charge in [-0.25, -0.2) is 12.7 Å². The number of hydrogen-bond acceptors (Lipinski definition) is 5. The Morgan fingerprint density at radius 2 is 1.73 bits per heavy atom. The van der Waals surface area contributed by atoms with E-state index in [2.05, 4.69) is 5.16 Å². The third-order valence-corrected chi connectivity index (χ3v) is 6.27. The lowest BCUT2D eigenvalue weighted by Crippen LogP contribution is -2.27. The second kappa shape index (κ2) is 6.99. The van der Waals surface area contributed by atoms with Crippen LogP contribution >= 0.6 is 0 Å². The number of benzene rings is 2. The van der Waals surface area contributed by atoms with Gasteiger partial charge in [0, 0.05) is 7.05 Å². The van der Waals surface area contributed by atoms with E-state index < -0.39 is 10.0 Å². The molecule has 6 nitrogen and oxygen atoms in total. The summed E-state index contributed by atoms with van der Waals surface area (Å²) in [5, 5.41) is 4.64. The summed E-state index contributed by atoms with van der Waals surface area (Å²) < 4.78 is 38.2. The topological polar surface area (TPSA) is 72.6 Å². The van der Waals surface area contributed by atoms with Crippen molar-refractivity contribution in [2.24, 2.45) is 0 Å². The molecule has 0 atom stereocenters. The predicted octanol–water partition coefficient (Wildman–Crippen LogP) is 3.79. The van der Waals surface area contributed by atoms with Crippen molar-refractivity contribution in [3.8, 4) is 5.75 Å². The van der Waals surface area contributed by atoms with Crippen molar-refractivity contribution >= 4 is 26.8 Å². The van der Waals surface area contributed by atoms with Crippen LogP contribution in [0, 0.1) is 0 Å². The first-order valence-corrected chi connectivity index (χ1v) is 9.90. The van der Waals surface area contributed by atoms with Crippen molar-refractivity contribution in [3.63, 3.8) is 0 Å². The summed E-state index contributed by atoms with van der Waals surface area (Å²) in [5.74, 6) is 0.557. The van der Waals surface area contributed by atoms with Gasteiger partial charge in [-0.2, -0.15) is 0 Å². The van der Waals surface area contributed by atoms with Crippen LogP contribution in [0.25, 0.3) is 11.0 Å². The Kier molecular flexibility index (Phi) is 4.91. The van der Waals surface area contributed by atoms with E-state index >= 15 is 0 Å². The van der Waals surface area contributed by atoms with Crippen LogP contribution in [-0.4, -0.2) is 27.7 Å². The second-order valence-corrected chi connectivity index (χ2v) is 7.94. The highest BCUT2D eigenvalue weighted by Crippen LogP contribution is 2.33. The Balaban J connectivity index is 2.11. The van der Waals surface area contributed by atoms with Gasteiger partial charge in [-0.1, -0.05) is 31.1 Å². The lowest BCUT2D eigenvalue weighted by molar-refractivity contribution is 0.402. The molecule has 0 fully saturated rings. The minimum Gasteiger partial charge on any atom is -0.495 e. The zero-order valence-electron chi connectivity index (χ0n) is 15.3. The second-order valence-electron chi connectivity index (χ2n) is 6.00. The zero-order chi connectivity index (χ0) is 18.9. The first kappa shape index (κ1) is 18.3. The smallest absolute Gasteiger partial charge is 0.269 e. The molecule has 0 radical (unpaired) electrons. The largest absolute Gasteiger partial charge is 0.495 e. The summed E-state index contributed by atoms with van der Waals surface area (Å²) in [4.78, 5) is 0.114. The lowest BCUT2D eigenvalue weighted by Gasteiger charge is -2.19. The van der Waals surface area contributed by atoms with Crippen LogP contribution in [0.3, 0.4) is 0 Å². The number of aromatic nitrogens is 1. The molecule has 0 N–H and O–H groups in total. The molecule has 0 aliphatic heterocycles. The molecule has 0 aliphatic carbocycles. The summed E-state index contributed by atoms with van der Waals surface area (Å²) in [6.07, 6.45) is 1.59. The molecule has 2 aromatic carbocycles. The van der Waals surface area contributed by atoms with Crippen molar-refractivity contribution in [1.82, 2.24) is 5.16 Å². The van der Waals surface area contributed by atoms with E-state index in [1.165, 1.54) is 14.2 Å². The molecule has 0 bridgehead atoms. The Morgan fingerprint density at radius 3 is 2.38 bits per heavy atom. The highest BCUT2D eigenvalue weighted by molar-refractivity contribution is 7.93. The maximum Gasteiger partial charge on any atom is 0.269 e. The lowest BCUT2D eigenvalue weighted by atomic mass is 10.1. The predicted molar refractivity (Wildman–Crippen MR) is 101 cm³/mol. The molecule has 0 saturated carbocycles. The molecule has 0 unspecified atom stereocenters. The monoisotopic (exact) mass is 374 g/mol. The van der Waals surface area contributed by atoms with Crippen LogP contribution in [0.4, 0.5) is 5.82 Å². The maximum absolute atomic E-state index is 13.2. The van der Waals surface area contributed by atoms with Gasteiger partial charge in [0.2, 0.25) is 0 Å². The number of fused-ring (bicyclic) bond motifs is 1. The van der Waals surface area contributed by atoms with Gasteiger partial charge in [-0.15, -0.1) is 0 Å². The van der Waals surface area contributed by atoms with Crippen molar-refractivity contribution in [3.05, 3.63) is 47.5 Å².